The van der Waals surface area contributed by atoms with Crippen LogP contribution in [0.25, 0.3) is 28.0 Å². The Kier molecular flexibility index (Phi) is 6.15. The fourth-order valence-corrected chi connectivity index (χ4v) is 4.50. The van der Waals surface area contributed by atoms with Crippen molar-refractivity contribution in [2.75, 3.05) is 37.2 Å². The fraction of sp³-hybridized carbons (Fsp3) is 0.320. The minimum absolute atomic E-state index is 0.514. The molecular weight excluding hydrogens is 434 g/mol. The number of nitrogens with one attached hydrogen (secondary N) is 1. The number of nitrogen functional groups attached to an aromatic ring is 1. The van der Waals surface area contributed by atoms with Gasteiger partial charge in [0.05, 0.1) is 16.8 Å². The Bertz CT molecular complexity index is 1260. The Morgan fingerprint density at radius 3 is 2.58 bits per heavy atom. The summed E-state index contributed by atoms with van der Waals surface area (Å²) in [7, 11) is 0. The van der Waals surface area contributed by atoms with Crippen molar-refractivity contribution < 1.29 is 0 Å². The molecule has 0 amide bonds. The molecule has 1 fully saturated rings. The van der Waals surface area contributed by atoms with Gasteiger partial charge in [-0.2, -0.15) is 4.98 Å². The highest BCUT2D eigenvalue weighted by atomic mass is 35.5. The number of anilines is 2. The van der Waals surface area contributed by atoms with E-state index in [0.29, 0.717) is 22.4 Å². The van der Waals surface area contributed by atoms with Gasteiger partial charge in [-0.1, -0.05) is 42.3 Å². The average Bonchev–Trinajstić information content (AvgIpc) is 3.16. The standard InChI is InChI=1S/C25H28ClN7/c1-17-6-5-7-20(16-17)33-23(27)21-22(18-8-10-19(26)11-9-18)29-25(30-24(21)31-33)28-12-15-32-13-3-2-4-14-32/h5-11,16H,2-4,12-15,27H2,1H3,(H,28,30,31). The lowest BCUT2D eigenvalue weighted by Gasteiger charge is -2.26. The molecule has 1 saturated heterocycles. The van der Waals surface area contributed by atoms with E-state index in [-0.39, 0.29) is 0 Å². The third kappa shape index (κ3) is 4.65. The summed E-state index contributed by atoms with van der Waals surface area (Å²) in [6, 6.07) is 15.7. The Morgan fingerprint density at radius 1 is 1.03 bits per heavy atom. The van der Waals surface area contributed by atoms with Crippen molar-refractivity contribution in [3.8, 4) is 16.9 Å². The number of aromatic nitrogens is 4. The van der Waals surface area contributed by atoms with E-state index in [9.17, 15) is 0 Å². The van der Waals surface area contributed by atoms with Crippen LogP contribution in [0.15, 0.2) is 48.5 Å². The number of rotatable bonds is 6. The van der Waals surface area contributed by atoms with Gasteiger partial charge in [-0.05, 0) is 62.7 Å². The van der Waals surface area contributed by atoms with Crippen LogP contribution in [0.5, 0.6) is 0 Å². The van der Waals surface area contributed by atoms with Crippen LogP contribution in [0.2, 0.25) is 5.02 Å². The van der Waals surface area contributed by atoms with Gasteiger partial charge in [0.1, 0.15) is 5.82 Å². The number of nitrogens with zero attached hydrogens (tertiary/aromatic N) is 5. The summed E-state index contributed by atoms with van der Waals surface area (Å²) in [6.45, 7) is 6.12. The number of halogens is 1. The van der Waals surface area contributed by atoms with Crippen LogP contribution < -0.4 is 11.1 Å². The molecule has 0 radical (unpaired) electrons. The Hall–Kier alpha value is -3.16. The number of benzene rings is 2. The van der Waals surface area contributed by atoms with Crippen LogP contribution >= 0.6 is 11.6 Å². The summed E-state index contributed by atoms with van der Waals surface area (Å²) in [4.78, 5) is 12.0. The van der Waals surface area contributed by atoms with Crippen LogP contribution in [0.1, 0.15) is 24.8 Å². The average molecular weight is 462 g/mol. The summed E-state index contributed by atoms with van der Waals surface area (Å²) in [5, 5.41) is 9.56. The summed E-state index contributed by atoms with van der Waals surface area (Å²) < 4.78 is 1.74. The SMILES string of the molecule is Cc1cccc(-n2nc3nc(NCCN4CCCCC4)nc(-c4ccc(Cl)cc4)c3c2N)c1. The van der Waals surface area contributed by atoms with Gasteiger partial charge >= 0.3 is 0 Å². The second-order valence-corrected chi connectivity index (χ2v) is 9.00. The predicted octanol–water partition coefficient (Wildman–Crippen LogP) is 4.92. The first-order valence-corrected chi connectivity index (χ1v) is 11.8. The van der Waals surface area contributed by atoms with Gasteiger partial charge < -0.3 is 16.0 Å². The van der Waals surface area contributed by atoms with Crippen LogP contribution in [0.4, 0.5) is 11.8 Å². The molecule has 5 rings (SSSR count). The van der Waals surface area contributed by atoms with Crippen molar-refractivity contribution >= 4 is 34.4 Å². The van der Waals surface area contributed by atoms with E-state index >= 15 is 0 Å². The molecule has 3 heterocycles. The molecule has 4 aromatic rings. The maximum Gasteiger partial charge on any atom is 0.225 e. The second kappa shape index (κ2) is 9.37. The number of aryl methyl sites for hydroxylation is 1. The Balaban J connectivity index is 1.54. The van der Waals surface area contributed by atoms with E-state index in [1.807, 2.05) is 49.4 Å². The zero-order chi connectivity index (χ0) is 22.8. The molecule has 33 heavy (non-hydrogen) atoms. The van der Waals surface area contributed by atoms with Gasteiger partial charge in [0, 0.05) is 23.7 Å². The summed E-state index contributed by atoms with van der Waals surface area (Å²) in [6.07, 6.45) is 3.89. The molecule has 3 N–H and O–H groups in total. The molecule has 0 aliphatic carbocycles. The minimum atomic E-state index is 0.514. The number of piperidine rings is 1. The molecule has 0 spiro atoms. The highest BCUT2D eigenvalue weighted by Gasteiger charge is 2.19. The first kappa shape index (κ1) is 21.7. The number of nitrogens with two attached hydrogens (primary N) is 1. The van der Waals surface area contributed by atoms with Gasteiger partial charge in [0.25, 0.3) is 0 Å². The molecule has 1 aliphatic heterocycles. The van der Waals surface area contributed by atoms with Crippen LogP contribution in [-0.4, -0.2) is 50.8 Å². The number of hydrogen-bond acceptors (Lipinski definition) is 6. The summed E-state index contributed by atoms with van der Waals surface area (Å²) in [5.74, 6) is 1.07. The highest BCUT2D eigenvalue weighted by molar-refractivity contribution is 6.30. The van der Waals surface area contributed by atoms with Gasteiger partial charge in [-0.15, -0.1) is 5.10 Å². The number of hydrogen-bond donors (Lipinski definition) is 2. The van der Waals surface area contributed by atoms with Crippen LogP contribution in [0.3, 0.4) is 0 Å². The molecule has 1 aliphatic rings. The van der Waals surface area contributed by atoms with Gasteiger partial charge in [0.2, 0.25) is 5.95 Å². The highest BCUT2D eigenvalue weighted by Crippen LogP contribution is 2.33. The molecule has 0 bridgehead atoms. The van der Waals surface area contributed by atoms with Crippen molar-refractivity contribution in [1.82, 2.24) is 24.6 Å². The maximum absolute atomic E-state index is 6.60. The van der Waals surface area contributed by atoms with Crippen molar-refractivity contribution in [3.05, 3.63) is 59.1 Å². The largest absolute Gasteiger partial charge is 0.383 e. The first-order valence-electron chi connectivity index (χ1n) is 11.4. The first-order chi connectivity index (χ1) is 16.1. The van der Waals surface area contributed by atoms with E-state index in [1.54, 1.807) is 4.68 Å². The Morgan fingerprint density at radius 2 is 1.82 bits per heavy atom. The summed E-state index contributed by atoms with van der Waals surface area (Å²) in [5.41, 5.74) is 10.9. The van der Waals surface area contributed by atoms with Crippen molar-refractivity contribution in [3.63, 3.8) is 0 Å². The quantitative estimate of drug-likeness (QED) is 0.423. The van der Waals surface area contributed by atoms with Gasteiger partial charge in [-0.3, -0.25) is 0 Å². The van der Waals surface area contributed by atoms with E-state index in [0.717, 1.165) is 54.1 Å². The van der Waals surface area contributed by atoms with Crippen LogP contribution in [0, 0.1) is 6.92 Å². The molecular formula is C25H28ClN7. The monoisotopic (exact) mass is 461 g/mol. The van der Waals surface area contributed by atoms with Gasteiger partial charge in [0.15, 0.2) is 5.65 Å². The molecule has 0 unspecified atom stereocenters. The third-order valence-corrected chi connectivity index (χ3v) is 6.34. The van der Waals surface area contributed by atoms with Crippen molar-refractivity contribution in [2.45, 2.75) is 26.2 Å². The number of fused-ring (bicyclic) bond motifs is 1. The molecule has 170 valence electrons. The lowest BCUT2D eigenvalue weighted by Crippen LogP contribution is -2.33. The van der Waals surface area contributed by atoms with E-state index in [4.69, 9.17) is 32.4 Å². The normalized spacial score (nSPS) is 14.6. The smallest absolute Gasteiger partial charge is 0.225 e. The molecule has 0 atom stereocenters. The topological polar surface area (TPSA) is 84.9 Å². The summed E-state index contributed by atoms with van der Waals surface area (Å²) >= 11 is 6.13. The van der Waals surface area contributed by atoms with Crippen molar-refractivity contribution in [1.29, 1.82) is 0 Å². The Labute approximate surface area is 198 Å². The zero-order valence-electron chi connectivity index (χ0n) is 18.8. The van der Waals surface area contributed by atoms with E-state index < -0.39 is 0 Å². The van der Waals surface area contributed by atoms with Crippen molar-refractivity contribution in [2.24, 2.45) is 0 Å². The van der Waals surface area contributed by atoms with Crippen LogP contribution in [-0.2, 0) is 0 Å². The molecule has 8 heteroatoms. The van der Waals surface area contributed by atoms with E-state index in [2.05, 4.69) is 16.3 Å². The predicted molar refractivity (Wildman–Crippen MR) is 135 cm³/mol. The second-order valence-electron chi connectivity index (χ2n) is 8.57. The molecule has 2 aromatic heterocycles. The maximum atomic E-state index is 6.60. The van der Waals surface area contributed by atoms with Gasteiger partial charge in [-0.25, -0.2) is 9.67 Å². The lowest BCUT2D eigenvalue weighted by atomic mass is 10.1. The third-order valence-electron chi connectivity index (χ3n) is 6.09. The molecule has 0 saturated carbocycles. The molecule has 7 nitrogen and oxygen atoms in total. The zero-order valence-corrected chi connectivity index (χ0v) is 19.5. The fourth-order valence-electron chi connectivity index (χ4n) is 4.37. The lowest BCUT2D eigenvalue weighted by molar-refractivity contribution is 0.237. The minimum Gasteiger partial charge on any atom is -0.383 e. The number of likely N-dealkylation sites (tertiary alicyclic amines) is 1. The molecule has 2 aromatic carbocycles. The van der Waals surface area contributed by atoms with E-state index in [1.165, 1.54) is 19.3 Å².